The Balaban J connectivity index is 2.25. The average molecular weight is 274 g/mol. The summed E-state index contributed by atoms with van der Waals surface area (Å²) in [5, 5.41) is 13.0. The van der Waals surface area contributed by atoms with Crippen LogP contribution in [0.2, 0.25) is 0 Å². The molecule has 0 aliphatic rings. The van der Waals surface area contributed by atoms with E-state index in [0.717, 1.165) is 22.3 Å². The van der Waals surface area contributed by atoms with Crippen LogP contribution < -0.4 is 10.1 Å². The van der Waals surface area contributed by atoms with Crippen LogP contribution in [0, 0.1) is 0 Å². The first-order valence-corrected chi connectivity index (χ1v) is 6.51. The largest absolute Gasteiger partial charge is 0.497 e. The van der Waals surface area contributed by atoms with Gasteiger partial charge in [0.15, 0.2) is 0 Å². The molecule has 106 valence electrons. The van der Waals surface area contributed by atoms with Crippen LogP contribution in [-0.4, -0.2) is 29.2 Å². The van der Waals surface area contributed by atoms with Gasteiger partial charge < -0.3 is 15.2 Å². The quantitative estimate of drug-likeness (QED) is 0.847. The average Bonchev–Trinajstić information content (AvgIpc) is 2.45. The summed E-state index contributed by atoms with van der Waals surface area (Å²) in [4.78, 5) is 15.0. The highest BCUT2D eigenvalue weighted by atomic mass is 16.5. The number of carbonyl (C=O) groups is 1. The highest BCUT2D eigenvalue weighted by molar-refractivity contribution is 5.91. The molecule has 2 N–H and O–H groups in total. The number of anilines is 1. The number of nitrogens with zero attached hydrogens (tertiary/aromatic N) is 1. The second kappa shape index (κ2) is 6.23. The van der Waals surface area contributed by atoms with Gasteiger partial charge in [-0.25, -0.2) is 0 Å². The highest BCUT2D eigenvalue weighted by Gasteiger charge is 2.10. The van der Waals surface area contributed by atoms with Crippen LogP contribution in [-0.2, 0) is 4.79 Å². The van der Waals surface area contributed by atoms with E-state index in [4.69, 9.17) is 9.84 Å². The van der Waals surface area contributed by atoms with E-state index in [-0.39, 0.29) is 12.5 Å². The van der Waals surface area contributed by atoms with Crippen LogP contribution in [0.4, 0.5) is 5.69 Å². The van der Waals surface area contributed by atoms with E-state index >= 15 is 0 Å². The molecule has 1 unspecified atom stereocenters. The standard InChI is InChI=1S/C15H18N2O3/c1-10(5-6-14(18)19)17-13-9-12(20-2)8-11-4-3-7-16-15(11)13/h3-4,7-10,17H,5-6H2,1-2H3,(H,18,19). The van der Waals surface area contributed by atoms with Crippen molar-refractivity contribution in [3.05, 3.63) is 30.5 Å². The van der Waals surface area contributed by atoms with E-state index in [9.17, 15) is 4.79 Å². The summed E-state index contributed by atoms with van der Waals surface area (Å²) in [6.45, 7) is 1.96. The SMILES string of the molecule is COc1cc(NC(C)CCC(=O)O)c2ncccc2c1. The van der Waals surface area contributed by atoms with E-state index in [1.54, 1.807) is 13.3 Å². The molecule has 0 fully saturated rings. The zero-order chi connectivity index (χ0) is 14.5. The summed E-state index contributed by atoms with van der Waals surface area (Å²) < 4.78 is 5.28. The van der Waals surface area contributed by atoms with Crippen molar-refractivity contribution >= 4 is 22.6 Å². The van der Waals surface area contributed by atoms with Crippen LogP contribution in [0.25, 0.3) is 10.9 Å². The molecular formula is C15H18N2O3. The van der Waals surface area contributed by atoms with Gasteiger partial charge in [-0.05, 0) is 25.5 Å². The number of methoxy groups -OCH3 is 1. The Morgan fingerprint density at radius 2 is 2.30 bits per heavy atom. The molecule has 0 saturated carbocycles. The first kappa shape index (κ1) is 14.1. The number of aromatic nitrogens is 1. The zero-order valence-corrected chi connectivity index (χ0v) is 11.6. The van der Waals surface area contributed by atoms with Crippen molar-refractivity contribution < 1.29 is 14.6 Å². The van der Waals surface area contributed by atoms with Gasteiger partial charge in [-0.2, -0.15) is 0 Å². The molecule has 0 spiro atoms. The maximum atomic E-state index is 10.6. The minimum atomic E-state index is -0.785. The van der Waals surface area contributed by atoms with Gasteiger partial charge in [-0.1, -0.05) is 6.07 Å². The molecule has 2 rings (SSSR count). The molecule has 1 aromatic heterocycles. The first-order chi connectivity index (χ1) is 9.60. The first-order valence-electron chi connectivity index (χ1n) is 6.51. The van der Waals surface area contributed by atoms with E-state index < -0.39 is 5.97 Å². The monoisotopic (exact) mass is 274 g/mol. The molecule has 0 saturated heterocycles. The molecule has 0 aliphatic heterocycles. The number of hydrogen-bond donors (Lipinski definition) is 2. The Morgan fingerprint density at radius 1 is 1.50 bits per heavy atom. The van der Waals surface area contributed by atoms with Crippen LogP contribution in [0.15, 0.2) is 30.5 Å². The maximum Gasteiger partial charge on any atom is 0.303 e. The van der Waals surface area contributed by atoms with Gasteiger partial charge in [0.2, 0.25) is 0 Å². The minimum absolute atomic E-state index is 0.0448. The summed E-state index contributed by atoms with van der Waals surface area (Å²) in [5.41, 5.74) is 1.72. The number of rotatable bonds is 6. The third-order valence-corrected chi connectivity index (χ3v) is 3.11. The van der Waals surface area contributed by atoms with Crippen molar-refractivity contribution in [1.82, 2.24) is 4.98 Å². The fourth-order valence-corrected chi connectivity index (χ4v) is 2.07. The Hall–Kier alpha value is -2.30. The van der Waals surface area contributed by atoms with Gasteiger partial charge in [0.1, 0.15) is 5.75 Å². The van der Waals surface area contributed by atoms with Gasteiger partial charge in [0.05, 0.1) is 18.3 Å². The number of ether oxygens (including phenoxy) is 1. The Morgan fingerprint density at radius 3 is 3.00 bits per heavy atom. The normalized spacial score (nSPS) is 12.1. The van der Waals surface area contributed by atoms with Gasteiger partial charge in [0, 0.05) is 30.1 Å². The predicted octanol–water partition coefficient (Wildman–Crippen LogP) is 2.91. The summed E-state index contributed by atoms with van der Waals surface area (Å²) >= 11 is 0. The molecular weight excluding hydrogens is 256 g/mol. The van der Waals surface area contributed by atoms with E-state index in [1.807, 2.05) is 31.2 Å². The topological polar surface area (TPSA) is 71.5 Å². The fourth-order valence-electron chi connectivity index (χ4n) is 2.07. The van der Waals surface area contributed by atoms with Gasteiger partial charge >= 0.3 is 5.97 Å². The third-order valence-electron chi connectivity index (χ3n) is 3.11. The van der Waals surface area contributed by atoms with Crippen LogP contribution >= 0.6 is 0 Å². The summed E-state index contributed by atoms with van der Waals surface area (Å²) in [6, 6.07) is 7.70. The molecule has 2 aromatic rings. The lowest BCUT2D eigenvalue weighted by molar-refractivity contribution is -0.137. The van der Waals surface area contributed by atoms with Crippen LogP contribution in [0.5, 0.6) is 5.75 Å². The van der Waals surface area contributed by atoms with E-state index in [2.05, 4.69) is 10.3 Å². The van der Waals surface area contributed by atoms with Gasteiger partial charge in [0.25, 0.3) is 0 Å². The second-order valence-corrected chi connectivity index (χ2v) is 4.73. The zero-order valence-electron chi connectivity index (χ0n) is 11.6. The molecule has 0 aliphatic carbocycles. The lowest BCUT2D eigenvalue weighted by Crippen LogP contribution is -2.17. The predicted molar refractivity (Wildman–Crippen MR) is 78.2 cm³/mol. The van der Waals surface area contributed by atoms with Crippen molar-refractivity contribution in [1.29, 1.82) is 0 Å². The lowest BCUT2D eigenvalue weighted by Gasteiger charge is -2.16. The van der Waals surface area contributed by atoms with E-state index in [1.165, 1.54) is 0 Å². The number of carboxylic acid groups (broad SMARTS) is 1. The van der Waals surface area contributed by atoms with Gasteiger partial charge in [-0.3, -0.25) is 9.78 Å². The Labute approximate surface area is 117 Å². The van der Waals surface area contributed by atoms with Crippen LogP contribution in [0.3, 0.4) is 0 Å². The number of fused-ring (bicyclic) bond motifs is 1. The third kappa shape index (κ3) is 3.38. The van der Waals surface area contributed by atoms with Crippen molar-refractivity contribution in [2.24, 2.45) is 0 Å². The summed E-state index contributed by atoms with van der Waals surface area (Å²) in [6.07, 6.45) is 2.44. The molecule has 0 radical (unpaired) electrons. The van der Waals surface area contributed by atoms with Crippen LogP contribution in [0.1, 0.15) is 19.8 Å². The number of aliphatic carboxylic acids is 1. The lowest BCUT2D eigenvalue weighted by atomic mass is 10.1. The van der Waals surface area contributed by atoms with Crippen molar-refractivity contribution in [3.63, 3.8) is 0 Å². The number of pyridine rings is 1. The Kier molecular flexibility index (Phi) is 4.40. The number of hydrogen-bond acceptors (Lipinski definition) is 4. The molecule has 0 amide bonds. The summed E-state index contributed by atoms with van der Waals surface area (Å²) in [5.74, 6) is -0.0364. The van der Waals surface area contributed by atoms with Crippen molar-refractivity contribution in [3.8, 4) is 5.75 Å². The Bertz CT molecular complexity index is 613. The number of carboxylic acids is 1. The molecule has 1 aromatic carbocycles. The van der Waals surface area contributed by atoms with Crippen molar-refractivity contribution in [2.45, 2.75) is 25.8 Å². The minimum Gasteiger partial charge on any atom is -0.497 e. The van der Waals surface area contributed by atoms with E-state index in [0.29, 0.717) is 6.42 Å². The van der Waals surface area contributed by atoms with Crippen molar-refractivity contribution in [2.75, 3.05) is 12.4 Å². The molecule has 20 heavy (non-hydrogen) atoms. The maximum absolute atomic E-state index is 10.6. The molecule has 5 nitrogen and oxygen atoms in total. The highest BCUT2D eigenvalue weighted by Crippen LogP contribution is 2.28. The summed E-state index contributed by atoms with van der Waals surface area (Å²) in [7, 11) is 1.62. The molecule has 0 bridgehead atoms. The number of benzene rings is 1. The fraction of sp³-hybridized carbons (Fsp3) is 0.333. The molecule has 5 heteroatoms. The van der Waals surface area contributed by atoms with Gasteiger partial charge in [-0.15, -0.1) is 0 Å². The number of nitrogens with one attached hydrogen (secondary N) is 1. The second-order valence-electron chi connectivity index (χ2n) is 4.73. The molecule has 1 atom stereocenters. The smallest absolute Gasteiger partial charge is 0.303 e. The molecule has 1 heterocycles.